The molecule has 0 amide bonds. The summed E-state index contributed by atoms with van der Waals surface area (Å²) in [5.74, 6) is 0. The number of benzene rings is 1. The van der Waals surface area contributed by atoms with Crippen LogP contribution in [0, 0.1) is 0 Å². The van der Waals surface area contributed by atoms with Crippen molar-refractivity contribution in [2.75, 3.05) is 13.1 Å². The summed E-state index contributed by atoms with van der Waals surface area (Å²) in [6.45, 7) is 4.37. The van der Waals surface area contributed by atoms with E-state index in [1.807, 2.05) is 30.3 Å². The van der Waals surface area contributed by atoms with Gasteiger partial charge in [0.1, 0.15) is 0 Å². The van der Waals surface area contributed by atoms with Crippen LogP contribution < -0.4 is 0 Å². The normalized spacial score (nSPS) is 20.1. The van der Waals surface area contributed by atoms with Gasteiger partial charge in [-0.1, -0.05) is 30.3 Å². The molecule has 1 aromatic rings. The first-order chi connectivity index (χ1) is 7.29. The average molecular weight is 242 g/mol. The van der Waals surface area contributed by atoms with Gasteiger partial charge in [-0.3, -0.25) is 4.90 Å². The van der Waals surface area contributed by atoms with E-state index >= 15 is 0 Å². The Balaban J connectivity index is 0.00000128. The first-order valence-electron chi connectivity index (χ1n) is 5.76. The topological polar surface area (TPSA) is 23.5 Å². The molecule has 90 valence electrons. The zero-order chi connectivity index (χ0) is 10.7. The minimum Gasteiger partial charge on any atom is -0.387 e. The summed E-state index contributed by atoms with van der Waals surface area (Å²) in [6.07, 6.45) is 2.18. The van der Waals surface area contributed by atoms with Crippen molar-refractivity contribution in [3.63, 3.8) is 0 Å². The third-order valence-electron chi connectivity index (χ3n) is 3.31. The second-order valence-electron chi connectivity index (χ2n) is 4.34. The first-order valence-corrected chi connectivity index (χ1v) is 5.76. The van der Waals surface area contributed by atoms with Crippen molar-refractivity contribution in [1.82, 2.24) is 4.90 Å². The van der Waals surface area contributed by atoms with Gasteiger partial charge in [-0.25, -0.2) is 0 Å². The van der Waals surface area contributed by atoms with E-state index in [1.54, 1.807) is 0 Å². The van der Waals surface area contributed by atoms with Gasteiger partial charge in [-0.15, -0.1) is 12.4 Å². The lowest BCUT2D eigenvalue weighted by Crippen LogP contribution is -2.35. The molecule has 1 aliphatic heterocycles. The van der Waals surface area contributed by atoms with Crippen LogP contribution >= 0.6 is 12.4 Å². The molecule has 0 saturated carbocycles. The molecule has 1 aliphatic rings. The predicted molar refractivity (Wildman–Crippen MR) is 68.9 cm³/mol. The quantitative estimate of drug-likeness (QED) is 0.880. The van der Waals surface area contributed by atoms with E-state index in [4.69, 9.17) is 0 Å². The average Bonchev–Trinajstić information content (AvgIpc) is 2.82. The number of aliphatic hydroxyl groups is 1. The number of likely N-dealkylation sites (tertiary alicyclic amines) is 1. The van der Waals surface area contributed by atoms with Crippen molar-refractivity contribution < 1.29 is 5.11 Å². The van der Waals surface area contributed by atoms with E-state index in [9.17, 15) is 5.11 Å². The Morgan fingerprint density at radius 3 is 2.25 bits per heavy atom. The minimum absolute atomic E-state index is 0. The molecule has 16 heavy (non-hydrogen) atoms. The minimum atomic E-state index is -0.357. The molecule has 0 bridgehead atoms. The molecule has 3 heteroatoms. The molecule has 0 aliphatic carbocycles. The van der Waals surface area contributed by atoms with E-state index in [-0.39, 0.29) is 24.6 Å². The molecule has 2 rings (SSSR count). The van der Waals surface area contributed by atoms with E-state index in [1.165, 1.54) is 12.8 Å². The number of aliphatic hydroxyl groups excluding tert-OH is 1. The second kappa shape index (κ2) is 6.24. The van der Waals surface area contributed by atoms with Crippen LogP contribution in [-0.2, 0) is 0 Å². The summed E-state index contributed by atoms with van der Waals surface area (Å²) in [5, 5.41) is 10.2. The lowest BCUT2D eigenvalue weighted by Gasteiger charge is -2.28. The molecule has 0 spiro atoms. The van der Waals surface area contributed by atoms with Gasteiger partial charge in [0.15, 0.2) is 0 Å². The van der Waals surface area contributed by atoms with Crippen molar-refractivity contribution in [2.24, 2.45) is 0 Å². The van der Waals surface area contributed by atoms with E-state index in [0.29, 0.717) is 0 Å². The van der Waals surface area contributed by atoms with Crippen LogP contribution in [0.1, 0.15) is 31.4 Å². The van der Waals surface area contributed by atoms with Gasteiger partial charge in [0.2, 0.25) is 0 Å². The highest BCUT2D eigenvalue weighted by molar-refractivity contribution is 5.85. The Kier molecular flexibility index (Phi) is 5.26. The molecule has 1 fully saturated rings. The number of rotatable bonds is 3. The number of hydrogen-bond donors (Lipinski definition) is 1. The number of nitrogens with zero attached hydrogens (tertiary/aromatic N) is 1. The molecular weight excluding hydrogens is 222 g/mol. The molecule has 1 saturated heterocycles. The maximum Gasteiger partial charge on any atom is 0.0942 e. The summed E-state index contributed by atoms with van der Waals surface area (Å²) in [7, 11) is 0. The fraction of sp³-hybridized carbons (Fsp3) is 0.538. The zero-order valence-corrected chi connectivity index (χ0v) is 10.5. The maximum absolute atomic E-state index is 10.2. The lowest BCUT2D eigenvalue weighted by atomic mass is 10.0. The smallest absolute Gasteiger partial charge is 0.0942 e. The third kappa shape index (κ3) is 2.97. The van der Waals surface area contributed by atoms with Crippen molar-refractivity contribution >= 4 is 12.4 Å². The predicted octanol–water partition coefficient (Wildman–Crippen LogP) is 2.63. The van der Waals surface area contributed by atoms with E-state index < -0.39 is 0 Å². The molecule has 0 radical (unpaired) electrons. The van der Waals surface area contributed by atoms with Gasteiger partial charge in [-0.05, 0) is 38.4 Å². The Morgan fingerprint density at radius 2 is 1.69 bits per heavy atom. The Labute approximate surface area is 104 Å². The molecule has 2 atom stereocenters. The largest absolute Gasteiger partial charge is 0.387 e. The summed E-state index contributed by atoms with van der Waals surface area (Å²) < 4.78 is 0. The summed E-state index contributed by atoms with van der Waals surface area (Å²) >= 11 is 0. The molecule has 1 N–H and O–H groups in total. The van der Waals surface area contributed by atoms with Crippen LogP contribution in [0.4, 0.5) is 0 Å². The number of halogens is 1. The highest BCUT2D eigenvalue weighted by Crippen LogP contribution is 2.23. The summed E-state index contributed by atoms with van der Waals surface area (Å²) in [5.41, 5.74) is 1.02. The van der Waals surface area contributed by atoms with Gasteiger partial charge in [0.05, 0.1) is 6.10 Å². The molecule has 1 aromatic carbocycles. The van der Waals surface area contributed by atoms with Gasteiger partial charge in [0.25, 0.3) is 0 Å². The Bertz CT molecular complexity index is 298. The molecule has 2 unspecified atom stereocenters. The van der Waals surface area contributed by atoms with Crippen LogP contribution in [0.5, 0.6) is 0 Å². The Morgan fingerprint density at radius 1 is 1.12 bits per heavy atom. The van der Waals surface area contributed by atoms with Crippen molar-refractivity contribution in [3.05, 3.63) is 35.9 Å². The molecule has 0 aromatic heterocycles. The van der Waals surface area contributed by atoms with Crippen molar-refractivity contribution in [1.29, 1.82) is 0 Å². The van der Waals surface area contributed by atoms with Gasteiger partial charge >= 0.3 is 0 Å². The molecule has 2 nitrogen and oxygen atoms in total. The fourth-order valence-corrected chi connectivity index (χ4v) is 2.28. The lowest BCUT2D eigenvalue weighted by molar-refractivity contribution is 0.0716. The van der Waals surface area contributed by atoms with Crippen LogP contribution in [0.15, 0.2) is 30.3 Å². The van der Waals surface area contributed by atoms with Crippen LogP contribution in [0.2, 0.25) is 0 Å². The SMILES string of the molecule is CC(C(O)c1ccccc1)N1CCCC1.Cl. The monoisotopic (exact) mass is 241 g/mol. The van der Waals surface area contributed by atoms with E-state index in [0.717, 1.165) is 18.7 Å². The maximum atomic E-state index is 10.2. The van der Waals surface area contributed by atoms with Crippen LogP contribution in [0.3, 0.4) is 0 Å². The zero-order valence-electron chi connectivity index (χ0n) is 9.67. The number of hydrogen-bond acceptors (Lipinski definition) is 2. The summed E-state index contributed by atoms with van der Waals surface area (Å²) in [6, 6.07) is 10.2. The van der Waals surface area contributed by atoms with E-state index in [2.05, 4.69) is 11.8 Å². The van der Waals surface area contributed by atoms with Crippen molar-refractivity contribution in [3.8, 4) is 0 Å². The van der Waals surface area contributed by atoms with Crippen LogP contribution in [0.25, 0.3) is 0 Å². The van der Waals surface area contributed by atoms with Crippen molar-refractivity contribution in [2.45, 2.75) is 31.9 Å². The molecular formula is C13H20ClNO. The third-order valence-corrected chi connectivity index (χ3v) is 3.31. The van der Waals surface area contributed by atoms with Gasteiger partial charge < -0.3 is 5.11 Å². The van der Waals surface area contributed by atoms with Gasteiger partial charge in [-0.2, -0.15) is 0 Å². The Hall–Kier alpha value is -0.570. The van der Waals surface area contributed by atoms with Crippen LogP contribution in [-0.4, -0.2) is 29.1 Å². The summed E-state index contributed by atoms with van der Waals surface area (Å²) in [4.78, 5) is 2.37. The fourth-order valence-electron chi connectivity index (χ4n) is 2.28. The first kappa shape index (κ1) is 13.5. The standard InChI is InChI=1S/C13H19NO.ClH/c1-11(14-9-5-6-10-14)13(15)12-7-3-2-4-8-12;/h2-4,7-8,11,13,15H,5-6,9-10H2,1H3;1H. The van der Waals surface area contributed by atoms with Gasteiger partial charge in [0, 0.05) is 6.04 Å². The molecule has 1 heterocycles. The highest BCUT2D eigenvalue weighted by Gasteiger charge is 2.24. The highest BCUT2D eigenvalue weighted by atomic mass is 35.5. The second-order valence-corrected chi connectivity index (χ2v) is 4.34.